The lowest BCUT2D eigenvalue weighted by atomic mass is 10.1. The largest absolute Gasteiger partial charge is 0.472 e. The number of esters is 1. The van der Waals surface area contributed by atoms with Gasteiger partial charge in [-0.1, -0.05) is 129 Å². The lowest BCUT2D eigenvalue weighted by Crippen LogP contribution is -2.28. The monoisotopic (exact) mass is 579 g/mol. The lowest BCUT2D eigenvalue weighted by molar-refractivity contribution is -0.154. The van der Waals surface area contributed by atoms with E-state index in [2.05, 4.69) is 13.8 Å². The minimum absolute atomic E-state index is 0.0911. The molecule has 0 aromatic heterocycles. The molecular formula is C30H62NO7P. The van der Waals surface area contributed by atoms with Crippen LogP contribution in [-0.2, 0) is 27.9 Å². The molecule has 0 bridgehead atoms. The quantitative estimate of drug-likeness (QED) is 0.0479. The zero-order valence-electron chi connectivity index (χ0n) is 25.4. The van der Waals surface area contributed by atoms with Crippen LogP contribution in [0, 0.1) is 0 Å². The van der Waals surface area contributed by atoms with E-state index in [1.165, 1.54) is 96.3 Å². The smallest absolute Gasteiger partial charge is 0.457 e. The number of ether oxygens (including phenoxy) is 2. The topological polar surface area (TPSA) is 117 Å². The number of unbranched alkanes of at least 4 members (excludes halogenated alkanes) is 18. The summed E-state index contributed by atoms with van der Waals surface area (Å²) >= 11 is 0. The van der Waals surface area contributed by atoms with E-state index in [0.717, 1.165) is 32.1 Å². The average molecular weight is 580 g/mol. The molecule has 0 aliphatic carbocycles. The Morgan fingerprint density at radius 1 is 0.667 bits per heavy atom. The molecule has 234 valence electrons. The normalized spacial score (nSPS) is 13.8. The van der Waals surface area contributed by atoms with Gasteiger partial charge < -0.3 is 20.1 Å². The summed E-state index contributed by atoms with van der Waals surface area (Å²) in [4.78, 5) is 22.1. The molecule has 9 heteroatoms. The van der Waals surface area contributed by atoms with Gasteiger partial charge >= 0.3 is 13.8 Å². The van der Waals surface area contributed by atoms with Gasteiger partial charge in [-0.05, 0) is 12.8 Å². The van der Waals surface area contributed by atoms with E-state index < -0.39 is 13.9 Å². The number of carbonyl (C=O) groups excluding carboxylic acids is 1. The Kier molecular flexibility index (Phi) is 28.6. The van der Waals surface area contributed by atoms with E-state index in [1.54, 1.807) is 0 Å². The highest BCUT2D eigenvalue weighted by Crippen LogP contribution is 2.43. The zero-order valence-corrected chi connectivity index (χ0v) is 26.3. The first-order valence-electron chi connectivity index (χ1n) is 16.0. The van der Waals surface area contributed by atoms with E-state index in [1.807, 2.05) is 0 Å². The molecule has 0 aromatic rings. The van der Waals surface area contributed by atoms with Gasteiger partial charge in [-0.2, -0.15) is 0 Å². The second-order valence-electron chi connectivity index (χ2n) is 10.7. The van der Waals surface area contributed by atoms with Crippen molar-refractivity contribution >= 4 is 13.8 Å². The molecule has 0 fully saturated rings. The van der Waals surface area contributed by atoms with Crippen LogP contribution in [-0.4, -0.2) is 49.9 Å². The van der Waals surface area contributed by atoms with Gasteiger partial charge in [0.2, 0.25) is 0 Å². The Balaban J connectivity index is 4.12. The summed E-state index contributed by atoms with van der Waals surface area (Å²) < 4.78 is 33.0. The summed E-state index contributed by atoms with van der Waals surface area (Å²) in [5.41, 5.74) is 5.32. The number of hydrogen-bond donors (Lipinski definition) is 2. The third-order valence-corrected chi connectivity index (χ3v) is 7.76. The predicted molar refractivity (Wildman–Crippen MR) is 160 cm³/mol. The van der Waals surface area contributed by atoms with Crippen molar-refractivity contribution in [2.24, 2.45) is 5.73 Å². The highest BCUT2D eigenvalue weighted by atomic mass is 31.2. The second kappa shape index (κ2) is 29.0. The van der Waals surface area contributed by atoms with Gasteiger partial charge in [0.05, 0.1) is 19.8 Å². The highest BCUT2D eigenvalue weighted by Gasteiger charge is 2.25. The van der Waals surface area contributed by atoms with Crippen LogP contribution in [0.25, 0.3) is 0 Å². The van der Waals surface area contributed by atoms with Crippen LogP contribution in [0.5, 0.6) is 0 Å². The number of nitrogens with two attached hydrogens (primary N) is 1. The maximum absolute atomic E-state index is 12.4. The van der Waals surface area contributed by atoms with Gasteiger partial charge in [-0.3, -0.25) is 13.8 Å². The van der Waals surface area contributed by atoms with Crippen LogP contribution in [0.3, 0.4) is 0 Å². The summed E-state index contributed by atoms with van der Waals surface area (Å²) in [5.74, 6) is -0.334. The van der Waals surface area contributed by atoms with Crippen molar-refractivity contribution in [1.29, 1.82) is 0 Å². The van der Waals surface area contributed by atoms with Crippen molar-refractivity contribution in [3.8, 4) is 0 Å². The molecule has 0 saturated carbocycles. The highest BCUT2D eigenvalue weighted by molar-refractivity contribution is 7.47. The number of carbonyl (C=O) groups is 1. The van der Waals surface area contributed by atoms with E-state index in [0.29, 0.717) is 13.0 Å². The van der Waals surface area contributed by atoms with Gasteiger partial charge in [-0.25, -0.2) is 4.57 Å². The molecule has 0 radical (unpaired) electrons. The fourth-order valence-corrected chi connectivity index (χ4v) is 5.17. The second-order valence-corrected chi connectivity index (χ2v) is 12.1. The molecule has 8 nitrogen and oxygen atoms in total. The molecule has 0 rings (SSSR count). The van der Waals surface area contributed by atoms with Gasteiger partial charge in [0.25, 0.3) is 0 Å². The molecule has 3 N–H and O–H groups in total. The molecule has 39 heavy (non-hydrogen) atoms. The SMILES string of the molecule is CCCCCCCCCCCCCCOC[C@H](COP(=O)(O)OCCN)OC(=O)CCCCCCCCCC. The number of rotatable bonds is 31. The Hall–Kier alpha value is -0.500. The molecule has 0 aliphatic rings. The first-order valence-corrected chi connectivity index (χ1v) is 17.5. The van der Waals surface area contributed by atoms with Gasteiger partial charge in [0.15, 0.2) is 0 Å². The van der Waals surface area contributed by atoms with E-state index in [-0.39, 0.29) is 32.3 Å². The van der Waals surface area contributed by atoms with Crippen LogP contribution in [0.4, 0.5) is 0 Å². The maximum atomic E-state index is 12.4. The number of hydrogen-bond acceptors (Lipinski definition) is 7. The van der Waals surface area contributed by atoms with Crippen LogP contribution in [0.1, 0.15) is 149 Å². The fraction of sp³-hybridized carbons (Fsp3) is 0.967. The summed E-state index contributed by atoms with van der Waals surface area (Å²) in [7, 11) is -4.25. The average Bonchev–Trinajstić information content (AvgIpc) is 2.92. The molecule has 0 spiro atoms. The predicted octanol–water partition coefficient (Wildman–Crippen LogP) is 8.24. The molecule has 0 aliphatic heterocycles. The number of phosphoric acid groups is 1. The Labute approximate surface area is 240 Å². The first kappa shape index (κ1) is 38.5. The van der Waals surface area contributed by atoms with Crippen molar-refractivity contribution in [2.75, 3.05) is 33.0 Å². The van der Waals surface area contributed by atoms with E-state index in [9.17, 15) is 14.3 Å². The van der Waals surface area contributed by atoms with Crippen LogP contribution in [0.2, 0.25) is 0 Å². The third-order valence-electron chi connectivity index (χ3n) is 6.77. The summed E-state index contributed by atoms with van der Waals surface area (Å²) in [6.45, 7) is 4.89. The maximum Gasteiger partial charge on any atom is 0.472 e. The Morgan fingerprint density at radius 3 is 1.62 bits per heavy atom. The van der Waals surface area contributed by atoms with Crippen molar-refractivity contribution in [3.05, 3.63) is 0 Å². The Bertz CT molecular complexity index is 580. The Morgan fingerprint density at radius 2 is 1.13 bits per heavy atom. The summed E-state index contributed by atoms with van der Waals surface area (Å²) in [6.07, 6.45) is 24.0. The van der Waals surface area contributed by atoms with Gasteiger partial charge in [0, 0.05) is 19.6 Å². The van der Waals surface area contributed by atoms with Gasteiger partial charge in [0.1, 0.15) is 6.10 Å². The minimum atomic E-state index is -4.25. The summed E-state index contributed by atoms with van der Waals surface area (Å²) in [6, 6.07) is 0. The van der Waals surface area contributed by atoms with Crippen molar-refractivity contribution in [2.45, 2.75) is 155 Å². The third kappa shape index (κ3) is 28.8. The molecule has 0 heterocycles. The standard InChI is InChI=1S/C30H62NO7P/c1-3-5-7-9-11-13-14-15-16-18-20-22-25-35-27-29(28-37-39(33,34)36-26-24-31)38-30(32)23-21-19-17-12-10-8-6-4-2/h29H,3-28,31H2,1-2H3,(H,33,34)/t29-/m1/s1. The minimum Gasteiger partial charge on any atom is -0.457 e. The van der Waals surface area contributed by atoms with Crippen molar-refractivity contribution in [3.63, 3.8) is 0 Å². The molecule has 0 amide bonds. The molecular weight excluding hydrogens is 517 g/mol. The van der Waals surface area contributed by atoms with E-state index in [4.69, 9.17) is 24.3 Å². The van der Waals surface area contributed by atoms with Crippen molar-refractivity contribution in [1.82, 2.24) is 0 Å². The molecule has 2 atom stereocenters. The van der Waals surface area contributed by atoms with Crippen LogP contribution in [0.15, 0.2) is 0 Å². The molecule has 0 saturated heterocycles. The van der Waals surface area contributed by atoms with Crippen molar-refractivity contribution < 1.29 is 32.8 Å². The first-order chi connectivity index (χ1) is 18.9. The van der Waals surface area contributed by atoms with E-state index >= 15 is 0 Å². The lowest BCUT2D eigenvalue weighted by Gasteiger charge is -2.20. The molecule has 1 unspecified atom stereocenters. The number of phosphoric ester groups is 1. The van der Waals surface area contributed by atoms with Crippen LogP contribution < -0.4 is 5.73 Å². The fourth-order valence-electron chi connectivity index (χ4n) is 4.41. The molecule has 0 aromatic carbocycles. The zero-order chi connectivity index (χ0) is 28.9. The summed E-state index contributed by atoms with van der Waals surface area (Å²) in [5, 5.41) is 0. The van der Waals surface area contributed by atoms with Gasteiger partial charge in [-0.15, -0.1) is 0 Å². The van der Waals surface area contributed by atoms with Crippen LogP contribution >= 0.6 is 7.82 Å².